The molecular weight excluding hydrogens is 222 g/mol. The highest BCUT2D eigenvalue weighted by molar-refractivity contribution is 5.44. The molecule has 2 aliphatic carbocycles. The number of benzene rings is 1. The lowest BCUT2D eigenvalue weighted by atomic mass is 9.65. The fourth-order valence-electron chi connectivity index (χ4n) is 3.86. The van der Waals surface area contributed by atoms with Crippen molar-refractivity contribution >= 4 is 5.69 Å². The summed E-state index contributed by atoms with van der Waals surface area (Å²) in [5, 5.41) is 14.6. The van der Waals surface area contributed by atoms with E-state index >= 15 is 0 Å². The summed E-state index contributed by atoms with van der Waals surface area (Å²) in [6, 6.07) is 10.6. The fourth-order valence-corrected chi connectivity index (χ4v) is 3.86. The van der Waals surface area contributed by atoms with Gasteiger partial charge in [-0.15, -0.1) is 0 Å². The molecule has 0 amide bonds. The minimum atomic E-state index is -0.466. The van der Waals surface area contributed by atoms with Crippen molar-refractivity contribution in [3.8, 4) is 0 Å². The lowest BCUT2D eigenvalue weighted by molar-refractivity contribution is -0.0835. The van der Waals surface area contributed by atoms with Crippen LogP contribution in [-0.2, 0) is 0 Å². The molecule has 0 radical (unpaired) electrons. The molecule has 3 rings (SSSR count). The molecule has 0 aliphatic heterocycles. The largest absolute Gasteiger partial charge is 0.387 e. The maximum Gasteiger partial charge on any atom is 0.0875 e. The van der Waals surface area contributed by atoms with Crippen LogP contribution in [-0.4, -0.2) is 16.7 Å². The summed E-state index contributed by atoms with van der Waals surface area (Å²) in [4.78, 5) is 0. The van der Waals surface area contributed by atoms with Crippen molar-refractivity contribution in [1.82, 2.24) is 0 Å². The van der Waals surface area contributed by atoms with E-state index in [1.54, 1.807) is 0 Å². The van der Waals surface area contributed by atoms with Crippen LogP contribution in [0, 0.1) is 5.92 Å². The summed E-state index contributed by atoms with van der Waals surface area (Å²) >= 11 is 0. The van der Waals surface area contributed by atoms with Gasteiger partial charge in [0.1, 0.15) is 0 Å². The Morgan fingerprint density at radius 3 is 2.61 bits per heavy atom. The molecule has 3 atom stereocenters. The Balaban J connectivity index is 1.78. The quantitative estimate of drug-likeness (QED) is 0.835. The van der Waals surface area contributed by atoms with Crippen LogP contribution in [0.15, 0.2) is 30.3 Å². The molecule has 0 aromatic heterocycles. The van der Waals surface area contributed by atoms with Gasteiger partial charge in [0, 0.05) is 5.69 Å². The van der Waals surface area contributed by atoms with Gasteiger partial charge in [-0.2, -0.15) is 0 Å². The first-order chi connectivity index (χ1) is 8.79. The van der Waals surface area contributed by atoms with E-state index in [4.69, 9.17) is 0 Å². The van der Waals surface area contributed by atoms with E-state index in [1.807, 2.05) is 18.2 Å². The van der Waals surface area contributed by atoms with Gasteiger partial charge < -0.3 is 10.4 Å². The molecule has 2 heteroatoms. The van der Waals surface area contributed by atoms with Gasteiger partial charge in [-0.25, -0.2) is 0 Å². The predicted molar refractivity (Wildman–Crippen MR) is 74.6 cm³/mol. The Labute approximate surface area is 109 Å². The smallest absolute Gasteiger partial charge is 0.0875 e. The SMILES string of the molecule is OC12CCCCC1CCC[C@@H]2Nc1ccccc1. The highest BCUT2D eigenvalue weighted by Crippen LogP contribution is 2.44. The van der Waals surface area contributed by atoms with E-state index in [1.165, 1.54) is 32.1 Å². The van der Waals surface area contributed by atoms with Crippen LogP contribution in [0.3, 0.4) is 0 Å². The topological polar surface area (TPSA) is 32.3 Å². The van der Waals surface area contributed by atoms with E-state index in [2.05, 4.69) is 17.4 Å². The summed E-state index contributed by atoms with van der Waals surface area (Å²) in [5.41, 5.74) is 0.675. The first-order valence-electron chi connectivity index (χ1n) is 7.33. The summed E-state index contributed by atoms with van der Waals surface area (Å²) in [5.74, 6) is 0.515. The lowest BCUT2D eigenvalue weighted by Crippen LogP contribution is -2.56. The molecule has 2 aliphatic rings. The van der Waals surface area contributed by atoms with Crippen molar-refractivity contribution in [2.24, 2.45) is 5.92 Å². The van der Waals surface area contributed by atoms with Crippen molar-refractivity contribution in [1.29, 1.82) is 0 Å². The molecule has 18 heavy (non-hydrogen) atoms. The standard InChI is InChI=1S/C16H23NO/c18-16-12-5-4-7-13(16)8-6-11-15(16)17-14-9-2-1-3-10-14/h1-3,9-10,13,15,17-18H,4-8,11-12H2/t13?,15-,16?/m0/s1. The lowest BCUT2D eigenvalue weighted by Gasteiger charge is -2.49. The number of hydrogen-bond acceptors (Lipinski definition) is 2. The van der Waals surface area contributed by atoms with Crippen LogP contribution < -0.4 is 5.32 Å². The van der Waals surface area contributed by atoms with E-state index in [9.17, 15) is 5.11 Å². The molecule has 0 heterocycles. The average Bonchev–Trinajstić information content (AvgIpc) is 2.41. The number of aliphatic hydroxyl groups is 1. The number of anilines is 1. The van der Waals surface area contributed by atoms with Crippen LogP contribution in [0.4, 0.5) is 5.69 Å². The van der Waals surface area contributed by atoms with Crippen LogP contribution in [0.25, 0.3) is 0 Å². The zero-order chi connectivity index (χ0) is 12.4. The van der Waals surface area contributed by atoms with E-state index in [-0.39, 0.29) is 6.04 Å². The highest BCUT2D eigenvalue weighted by atomic mass is 16.3. The molecular formula is C16H23NO. The normalized spacial score (nSPS) is 35.8. The molecule has 98 valence electrons. The molecule has 2 saturated carbocycles. The summed E-state index contributed by atoms with van der Waals surface area (Å²) in [6.45, 7) is 0. The molecule has 0 spiro atoms. The fraction of sp³-hybridized carbons (Fsp3) is 0.625. The molecule has 2 fully saturated rings. The number of hydrogen-bond donors (Lipinski definition) is 2. The van der Waals surface area contributed by atoms with Gasteiger partial charge in [0.2, 0.25) is 0 Å². The summed E-state index contributed by atoms with van der Waals surface area (Å²) < 4.78 is 0. The minimum Gasteiger partial charge on any atom is -0.387 e. The van der Waals surface area contributed by atoms with Crippen molar-refractivity contribution in [3.05, 3.63) is 30.3 Å². The maximum atomic E-state index is 11.0. The van der Waals surface area contributed by atoms with Crippen molar-refractivity contribution in [2.45, 2.75) is 56.6 Å². The van der Waals surface area contributed by atoms with Gasteiger partial charge in [0.25, 0.3) is 0 Å². The van der Waals surface area contributed by atoms with E-state index in [0.29, 0.717) is 5.92 Å². The summed E-state index contributed by atoms with van der Waals surface area (Å²) in [6.07, 6.45) is 8.22. The van der Waals surface area contributed by atoms with Gasteiger partial charge in [-0.05, 0) is 43.7 Å². The first-order valence-corrected chi connectivity index (χ1v) is 7.33. The van der Waals surface area contributed by atoms with Crippen LogP contribution in [0.2, 0.25) is 0 Å². The Hall–Kier alpha value is -1.02. The Morgan fingerprint density at radius 1 is 1.00 bits per heavy atom. The predicted octanol–water partition coefficient (Wildman–Crippen LogP) is 3.57. The van der Waals surface area contributed by atoms with Crippen molar-refractivity contribution in [2.75, 3.05) is 5.32 Å². The third-order valence-electron chi connectivity index (χ3n) is 4.85. The maximum absolute atomic E-state index is 11.0. The zero-order valence-corrected chi connectivity index (χ0v) is 10.9. The average molecular weight is 245 g/mol. The Bertz CT molecular complexity index is 389. The van der Waals surface area contributed by atoms with Crippen molar-refractivity contribution < 1.29 is 5.11 Å². The Morgan fingerprint density at radius 2 is 1.78 bits per heavy atom. The number of fused-ring (bicyclic) bond motifs is 1. The van der Waals surface area contributed by atoms with Gasteiger partial charge in [0.05, 0.1) is 11.6 Å². The number of para-hydroxylation sites is 1. The molecule has 0 bridgehead atoms. The third kappa shape index (κ3) is 2.14. The molecule has 1 aromatic carbocycles. The second-order valence-corrected chi connectivity index (χ2v) is 5.93. The second-order valence-electron chi connectivity index (χ2n) is 5.93. The zero-order valence-electron chi connectivity index (χ0n) is 10.9. The second kappa shape index (κ2) is 4.93. The van der Waals surface area contributed by atoms with Crippen LogP contribution >= 0.6 is 0 Å². The third-order valence-corrected chi connectivity index (χ3v) is 4.85. The van der Waals surface area contributed by atoms with Crippen LogP contribution in [0.1, 0.15) is 44.9 Å². The first kappa shape index (κ1) is 12.0. The number of rotatable bonds is 2. The monoisotopic (exact) mass is 245 g/mol. The van der Waals surface area contributed by atoms with Crippen molar-refractivity contribution in [3.63, 3.8) is 0 Å². The van der Waals surface area contributed by atoms with Gasteiger partial charge in [0.15, 0.2) is 0 Å². The summed E-state index contributed by atoms with van der Waals surface area (Å²) in [7, 11) is 0. The molecule has 2 nitrogen and oxygen atoms in total. The minimum absolute atomic E-state index is 0.235. The van der Waals surface area contributed by atoms with Gasteiger partial charge >= 0.3 is 0 Å². The molecule has 1 aromatic rings. The Kier molecular flexibility index (Phi) is 3.29. The molecule has 2 N–H and O–H groups in total. The van der Waals surface area contributed by atoms with Gasteiger partial charge in [-0.3, -0.25) is 0 Å². The van der Waals surface area contributed by atoms with Gasteiger partial charge in [-0.1, -0.05) is 37.5 Å². The van der Waals surface area contributed by atoms with E-state index < -0.39 is 5.60 Å². The van der Waals surface area contributed by atoms with E-state index in [0.717, 1.165) is 18.5 Å². The number of nitrogens with one attached hydrogen (secondary N) is 1. The van der Waals surface area contributed by atoms with Crippen LogP contribution in [0.5, 0.6) is 0 Å². The molecule has 2 unspecified atom stereocenters. The molecule has 0 saturated heterocycles. The highest BCUT2D eigenvalue weighted by Gasteiger charge is 2.47.